The van der Waals surface area contributed by atoms with E-state index in [4.69, 9.17) is 0 Å². The molecule has 1 aliphatic carbocycles. The summed E-state index contributed by atoms with van der Waals surface area (Å²) in [4.78, 5) is 0. The van der Waals surface area contributed by atoms with Gasteiger partial charge < -0.3 is 5.32 Å². The van der Waals surface area contributed by atoms with Crippen LogP contribution in [-0.2, 0) is 0 Å². The van der Waals surface area contributed by atoms with Gasteiger partial charge in [0.1, 0.15) is 0 Å². The van der Waals surface area contributed by atoms with Gasteiger partial charge in [-0.15, -0.1) is 0 Å². The molecule has 0 amide bonds. The van der Waals surface area contributed by atoms with Crippen LogP contribution in [0.15, 0.2) is 0 Å². The van der Waals surface area contributed by atoms with Gasteiger partial charge >= 0.3 is 0 Å². The average molecular weight is 197 g/mol. The normalized spacial score (nSPS) is 23.4. The van der Waals surface area contributed by atoms with Gasteiger partial charge in [0, 0.05) is 12.1 Å². The highest BCUT2D eigenvalue weighted by molar-refractivity contribution is 4.76. The Bertz CT molecular complexity index is 138. The monoisotopic (exact) mass is 197 g/mol. The molecule has 1 saturated carbocycles. The van der Waals surface area contributed by atoms with Crippen LogP contribution in [0, 0.1) is 5.92 Å². The van der Waals surface area contributed by atoms with Gasteiger partial charge in [0.2, 0.25) is 0 Å². The molecule has 0 saturated heterocycles. The van der Waals surface area contributed by atoms with E-state index in [9.17, 15) is 0 Å². The van der Waals surface area contributed by atoms with Gasteiger partial charge in [-0.1, -0.05) is 39.5 Å². The summed E-state index contributed by atoms with van der Waals surface area (Å²) in [5.74, 6) is 0.876. The second-order valence-corrected chi connectivity index (χ2v) is 5.15. The zero-order valence-electron chi connectivity index (χ0n) is 10.2. The van der Waals surface area contributed by atoms with Crippen LogP contribution in [0.4, 0.5) is 0 Å². The van der Waals surface area contributed by atoms with Crippen molar-refractivity contribution in [3.63, 3.8) is 0 Å². The summed E-state index contributed by atoms with van der Waals surface area (Å²) in [6, 6.07) is 1.54. The third kappa shape index (κ3) is 4.45. The lowest BCUT2D eigenvalue weighted by Gasteiger charge is -2.27. The highest BCUT2D eigenvalue weighted by Gasteiger charge is 2.16. The molecule has 0 radical (unpaired) electrons. The van der Waals surface area contributed by atoms with E-state index in [1.54, 1.807) is 0 Å². The molecule has 0 aliphatic heterocycles. The van der Waals surface area contributed by atoms with Crippen LogP contribution in [-0.4, -0.2) is 12.1 Å². The molecular weight excluding hydrogens is 170 g/mol. The molecule has 0 aromatic carbocycles. The zero-order chi connectivity index (χ0) is 10.4. The predicted molar refractivity (Wildman–Crippen MR) is 63.5 cm³/mol. The Hall–Kier alpha value is -0.0400. The molecule has 1 heteroatoms. The van der Waals surface area contributed by atoms with Gasteiger partial charge in [0.25, 0.3) is 0 Å². The number of rotatable bonds is 5. The van der Waals surface area contributed by atoms with E-state index in [1.165, 1.54) is 44.9 Å². The lowest BCUT2D eigenvalue weighted by molar-refractivity contribution is 0.315. The maximum absolute atomic E-state index is 3.78. The first kappa shape index (κ1) is 12.0. The van der Waals surface area contributed by atoms with E-state index in [-0.39, 0.29) is 0 Å². The fourth-order valence-corrected chi connectivity index (χ4v) is 2.51. The van der Waals surface area contributed by atoms with Gasteiger partial charge in [-0.3, -0.25) is 0 Å². The highest BCUT2D eigenvalue weighted by atomic mass is 14.9. The maximum Gasteiger partial charge on any atom is 0.00695 e. The molecule has 0 aromatic heterocycles. The van der Waals surface area contributed by atoms with Crippen molar-refractivity contribution >= 4 is 0 Å². The second kappa shape index (κ2) is 6.44. The number of nitrogens with one attached hydrogen (secondary N) is 1. The molecule has 2 unspecified atom stereocenters. The number of hydrogen-bond acceptors (Lipinski definition) is 1. The van der Waals surface area contributed by atoms with Crippen LogP contribution in [0.5, 0.6) is 0 Å². The molecule has 1 N–H and O–H groups in total. The molecule has 0 heterocycles. The fourth-order valence-electron chi connectivity index (χ4n) is 2.51. The van der Waals surface area contributed by atoms with Crippen LogP contribution < -0.4 is 5.32 Å². The van der Waals surface area contributed by atoms with Crippen molar-refractivity contribution in [1.82, 2.24) is 5.32 Å². The van der Waals surface area contributed by atoms with Gasteiger partial charge in [-0.25, -0.2) is 0 Å². The summed E-state index contributed by atoms with van der Waals surface area (Å²) >= 11 is 0. The minimum atomic E-state index is 0.716. The minimum Gasteiger partial charge on any atom is -0.311 e. The molecule has 0 aromatic rings. The van der Waals surface area contributed by atoms with Crippen molar-refractivity contribution in [3.8, 4) is 0 Å². The first-order chi connectivity index (χ1) is 6.72. The Labute approximate surface area is 89.7 Å². The molecule has 0 spiro atoms. The summed E-state index contributed by atoms with van der Waals surface area (Å²) in [5, 5.41) is 3.78. The van der Waals surface area contributed by atoms with Crippen LogP contribution in [0.25, 0.3) is 0 Å². The van der Waals surface area contributed by atoms with Gasteiger partial charge in [-0.05, 0) is 32.1 Å². The zero-order valence-corrected chi connectivity index (χ0v) is 10.2. The first-order valence-corrected chi connectivity index (χ1v) is 6.48. The van der Waals surface area contributed by atoms with Crippen LogP contribution in [0.2, 0.25) is 0 Å². The standard InChI is InChI=1S/C13H27N/c1-4-11(2)10-12(3)14-13-8-6-5-7-9-13/h11-14H,4-10H2,1-3H3. The first-order valence-electron chi connectivity index (χ1n) is 6.48. The SMILES string of the molecule is CCC(C)CC(C)NC1CCCCC1. The van der Waals surface area contributed by atoms with E-state index in [0.29, 0.717) is 6.04 Å². The van der Waals surface area contributed by atoms with Crippen molar-refractivity contribution in [2.45, 2.75) is 77.8 Å². The van der Waals surface area contributed by atoms with E-state index >= 15 is 0 Å². The Kier molecular flexibility index (Phi) is 5.54. The molecule has 0 bridgehead atoms. The molecular formula is C13H27N. The highest BCUT2D eigenvalue weighted by Crippen LogP contribution is 2.19. The maximum atomic E-state index is 3.78. The molecule has 84 valence electrons. The van der Waals surface area contributed by atoms with Gasteiger partial charge in [0.15, 0.2) is 0 Å². The van der Waals surface area contributed by atoms with Gasteiger partial charge in [-0.2, -0.15) is 0 Å². The molecule has 1 nitrogen and oxygen atoms in total. The summed E-state index contributed by atoms with van der Waals surface area (Å²) in [5.41, 5.74) is 0. The molecule has 2 atom stereocenters. The smallest absolute Gasteiger partial charge is 0.00695 e. The lowest BCUT2D eigenvalue weighted by Crippen LogP contribution is -2.38. The van der Waals surface area contributed by atoms with Crippen molar-refractivity contribution < 1.29 is 0 Å². The summed E-state index contributed by atoms with van der Waals surface area (Å²) in [7, 11) is 0. The topological polar surface area (TPSA) is 12.0 Å². The summed E-state index contributed by atoms with van der Waals surface area (Å²) in [6.07, 6.45) is 9.80. The quantitative estimate of drug-likeness (QED) is 0.708. The van der Waals surface area contributed by atoms with Gasteiger partial charge in [0.05, 0.1) is 0 Å². The summed E-state index contributed by atoms with van der Waals surface area (Å²) < 4.78 is 0. The van der Waals surface area contributed by atoms with E-state index < -0.39 is 0 Å². The van der Waals surface area contributed by atoms with Crippen LogP contribution in [0.3, 0.4) is 0 Å². The Morgan fingerprint density at radius 3 is 2.36 bits per heavy atom. The Morgan fingerprint density at radius 1 is 1.14 bits per heavy atom. The molecule has 14 heavy (non-hydrogen) atoms. The average Bonchev–Trinajstić information content (AvgIpc) is 2.19. The van der Waals surface area contributed by atoms with Crippen molar-refractivity contribution in [2.24, 2.45) is 5.92 Å². The van der Waals surface area contributed by atoms with E-state index in [0.717, 1.165) is 12.0 Å². The number of hydrogen-bond donors (Lipinski definition) is 1. The Balaban J connectivity index is 2.14. The Morgan fingerprint density at radius 2 is 1.79 bits per heavy atom. The molecule has 1 fully saturated rings. The van der Waals surface area contributed by atoms with Crippen molar-refractivity contribution in [1.29, 1.82) is 0 Å². The van der Waals surface area contributed by atoms with Crippen molar-refractivity contribution in [2.75, 3.05) is 0 Å². The van der Waals surface area contributed by atoms with Crippen molar-refractivity contribution in [3.05, 3.63) is 0 Å². The van der Waals surface area contributed by atoms with Crippen LogP contribution >= 0.6 is 0 Å². The minimum absolute atomic E-state index is 0.716. The summed E-state index contributed by atoms with van der Waals surface area (Å²) in [6.45, 7) is 7.00. The molecule has 1 aliphatic rings. The third-order valence-electron chi connectivity index (χ3n) is 3.58. The van der Waals surface area contributed by atoms with E-state index in [2.05, 4.69) is 26.1 Å². The third-order valence-corrected chi connectivity index (χ3v) is 3.58. The lowest BCUT2D eigenvalue weighted by atomic mass is 9.93. The fraction of sp³-hybridized carbons (Fsp3) is 1.00. The largest absolute Gasteiger partial charge is 0.311 e. The predicted octanol–water partition coefficient (Wildman–Crippen LogP) is 3.73. The molecule has 1 rings (SSSR count). The van der Waals surface area contributed by atoms with Crippen LogP contribution in [0.1, 0.15) is 65.7 Å². The second-order valence-electron chi connectivity index (χ2n) is 5.15. The van der Waals surface area contributed by atoms with E-state index in [1.807, 2.05) is 0 Å².